The zero-order valence-electron chi connectivity index (χ0n) is 8.19. The van der Waals surface area contributed by atoms with Crippen molar-refractivity contribution < 1.29 is 9.53 Å². The summed E-state index contributed by atoms with van der Waals surface area (Å²) in [6.07, 6.45) is 1.56. The molecular weight excluding hydrogens is 168 g/mol. The molecule has 1 atom stereocenters. The molecule has 13 heavy (non-hydrogen) atoms. The van der Waals surface area contributed by atoms with E-state index in [0.717, 1.165) is 12.8 Å². The molecule has 1 unspecified atom stereocenters. The van der Waals surface area contributed by atoms with Gasteiger partial charge in [0.05, 0.1) is 0 Å². The summed E-state index contributed by atoms with van der Waals surface area (Å²) in [6, 6.07) is -0.301. The van der Waals surface area contributed by atoms with Gasteiger partial charge in [-0.15, -0.1) is 0 Å². The third-order valence-electron chi connectivity index (χ3n) is 2.40. The van der Waals surface area contributed by atoms with E-state index in [9.17, 15) is 4.79 Å². The maximum absolute atomic E-state index is 11.3. The molecule has 1 saturated carbocycles. The van der Waals surface area contributed by atoms with Crippen molar-refractivity contribution in [3.05, 3.63) is 0 Å². The maximum Gasteiger partial charge on any atom is 0.323 e. The highest BCUT2D eigenvalue weighted by molar-refractivity contribution is 5.76. The Morgan fingerprint density at radius 3 is 2.38 bits per heavy atom. The van der Waals surface area contributed by atoms with E-state index in [-0.39, 0.29) is 24.0 Å². The highest BCUT2D eigenvalue weighted by Crippen LogP contribution is 2.21. The first-order chi connectivity index (χ1) is 6.00. The fourth-order valence-electron chi connectivity index (χ4n) is 1.22. The first kappa shape index (κ1) is 10.5. The van der Waals surface area contributed by atoms with Gasteiger partial charge in [0.15, 0.2) is 0 Å². The number of ether oxygens (including phenoxy) is 1. The average Bonchev–Trinajstić information content (AvgIpc) is 2.00. The highest BCUT2D eigenvalue weighted by atomic mass is 16.5. The summed E-state index contributed by atoms with van der Waals surface area (Å²) in [6.45, 7) is 3.80. The minimum Gasteiger partial charge on any atom is -0.461 e. The monoisotopic (exact) mass is 186 g/mol. The minimum absolute atomic E-state index is 0.00676. The van der Waals surface area contributed by atoms with E-state index in [1.165, 1.54) is 0 Å². The van der Waals surface area contributed by atoms with Gasteiger partial charge in [0.1, 0.15) is 12.1 Å². The molecule has 1 aliphatic rings. The summed E-state index contributed by atoms with van der Waals surface area (Å²) >= 11 is 0. The van der Waals surface area contributed by atoms with E-state index in [0.29, 0.717) is 0 Å². The lowest BCUT2D eigenvalue weighted by molar-refractivity contribution is -0.156. The minimum atomic E-state index is -0.503. The lowest BCUT2D eigenvalue weighted by Crippen LogP contribution is -2.46. The largest absolute Gasteiger partial charge is 0.461 e. The van der Waals surface area contributed by atoms with E-state index in [4.69, 9.17) is 16.2 Å². The van der Waals surface area contributed by atoms with Crippen LogP contribution in [0.25, 0.3) is 0 Å². The van der Waals surface area contributed by atoms with Crippen molar-refractivity contribution in [2.75, 3.05) is 0 Å². The topological polar surface area (TPSA) is 78.3 Å². The second-order valence-corrected chi connectivity index (χ2v) is 4.06. The molecule has 0 bridgehead atoms. The van der Waals surface area contributed by atoms with Crippen LogP contribution in [0.1, 0.15) is 26.7 Å². The SMILES string of the molecule is CC(C)C(N)C(=O)OC1CC(N)C1. The molecule has 1 fully saturated rings. The molecule has 0 heterocycles. The smallest absolute Gasteiger partial charge is 0.323 e. The Morgan fingerprint density at radius 2 is 2.00 bits per heavy atom. The van der Waals surface area contributed by atoms with Crippen molar-refractivity contribution >= 4 is 5.97 Å². The zero-order valence-corrected chi connectivity index (χ0v) is 8.19. The number of rotatable bonds is 3. The summed E-state index contributed by atoms with van der Waals surface area (Å²) in [7, 11) is 0. The number of carbonyl (C=O) groups excluding carboxylic acids is 1. The Morgan fingerprint density at radius 1 is 1.46 bits per heavy atom. The van der Waals surface area contributed by atoms with Crippen LogP contribution in [-0.4, -0.2) is 24.2 Å². The van der Waals surface area contributed by atoms with Gasteiger partial charge in [-0.05, 0) is 18.8 Å². The van der Waals surface area contributed by atoms with E-state index < -0.39 is 6.04 Å². The molecule has 0 aromatic rings. The van der Waals surface area contributed by atoms with Crippen LogP contribution in [0.3, 0.4) is 0 Å². The second-order valence-electron chi connectivity index (χ2n) is 4.06. The lowest BCUT2D eigenvalue weighted by atomic mass is 9.90. The number of hydrogen-bond acceptors (Lipinski definition) is 4. The van der Waals surface area contributed by atoms with Crippen LogP contribution >= 0.6 is 0 Å². The van der Waals surface area contributed by atoms with Crippen LogP contribution in [0.15, 0.2) is 0 Å². The van der Waals surface area contributed by atoms with Crippen molar-refractivity contribution in [3.8, 4) is 0 Å². The number of carbonyl (C=O) groups is 1. The Hall–Kier alpha value is -0.610. The summed E-state index contributed by atoms with van der Waals surface area (Å²) in [5.74, 6) is -0.173. The molecule has 4 heteroatoms. The third-order valence-corrected chi connectivity index (χ3v) is 2.40. The van der Waals surface area contributed by atoms with Crippen molar-refractivity contribution in [2.45, 2.75) is 44.9 Å². The molecule has 1 rings (SSSR count). The third kappa shape index (κ3) is 2.67. The quantitative estimate of drug-likeness (QED) is 0.608. The van der Waals surface area contributed by atoms with Gasteiger partial charge in [-0.1, -0.05) is 13.8 Å². The van der Waals surface area contributed by atoms with E-state index in [1.54, 1.807) is 0 Å². The van der Waals surface area contributed by atoms with Crippen LogP contribution in [0.4, 0.5) is 0 Å². The second kappa shape index (κ2) is 4.07. The summed E-state index contributed by atoms with van der Waals surface area (Å²) < 4.78 is 5.14. The highest BCUT2D eigenvalue weighted by Gasteiger charge is 2.31. The normalized spacial score (nSPS) is 29.6. The Balaban J connectivity index is 2.25. The van der Waals surface area contributed by atoms with Gasteiger partial charge in [0.2, 0.25) is 0 Å². The van der Waals surface area contributed by atoms with Gasteiger partial charge in [-0.3, -0.25) is 4.79 Å². The first-order valence-electron chi connectivity index (χ1n) is 4.72. The standard InChI is InChI=1S/C9H18N2O2/c1-5(2)8(11)9(12)13-7-3-6(10)4-7/h5-8H,3-4,10-11H2,1-2H3. The van der Waals surface area contributed by atoms with Crippen LogP contribution < -0.4 is 11.5 Å². The van der Waals surface area contributed by atoms with Gasteiger partial charge in [-0.2, -0.15) is 0 Å². The number of hydrogen-bond donors (Lipinski definition) is 2. The fourth-order valence-corrected chi connectivity index (χ4v) is 1.22. The Labute approximate surface area is 78.6 Å². The summed E-state index contributed by atoms with van der Waals surface area (Å²) in [5.41, 5.74) is 11.2. The molecule has 0 aliphatic heterocycles. The Bertz CT molecular complexity index is 188. The molecule has 76 valence electrons. The Kier molecular flexibility index (Phi) is 3.27. The van der Waals surface area contributed by atoms with Crippen LogP contribution in [0, 0.1) is 5.92 Å². The average molecular weight is 186 g/mol. The van der Waals surface area contributed by atoms with E-state index >= 15 is 0 Å². The number of esters is 1. The molecule has 4 N–H and O–H groups in total. The molecule has 0 saturated heterocycles. The van der Waals surface area contributed by atoms with Crippen molar-refractivity contribution in [3.63, 3.8) is 0 Å². The van der Waals surface area contributed by atoms with Gasteiger partial charge in [0, 0.05) is 6.04 Å². The van der Waals surface area contributed by atoms with Gasteiger partial charge < -0.3 is 16.2 Å². The molecule has 0 radical (unpaired) electrons. The van der Waals surface area contributed by atoms with Crippen LogP contribution in [0.5, 0.6) is 0 Å². The van der Waals surface area contributed by atoms with E-state index in [2.05, 4.69) is 0 Å². The molecule has 0 amide bonds. The molecule has 1 aliphatic carbocycles. The van der Waals surface area contributed by atoms with Crippen molar-refractivity contribution in [1.29, 1.82) is 0 Å². The predicted octanol–water partition coefficient (Wildman–Crippen LogP) is 0.00260. The molecule has 0 spiro atoms. The number of nitrogens with two attached hydrogens (primary N) is 2. The lowest BCUT2D eigenvalue weighted by Gasteiger charge is -2.32. The van der Waals surface area contributed by atoms with Gasteiger partial charge in [0.25, 0.3) is 0 Å². The van der Waals surface area contributed by atoms with Crippen LogP contribution in [-0.2, 0) is 9.53 Å². The van der Waals surface area contributed by atoms with E-state index in [1.807, 2.05) is 13.8 Å². The maximum atomic E-state index is 11.3. The molecule has 0 aromatic heterocycles. The van der Waals surface area contributed by atoms with Crippen LogP contribution in [0.2, 0.25) is 0 Å². The first-order valence-corrected chi connectivity index (χ1v) is 4.72. The predicted molar refractivity (Wildman–Crippen MR) is 49.9 cm³/mol. The molecule has 4 nitrogen and oxygen atoms in total. The molecule has 0 aromatic carbocycles. The van der Waals surface area contributed by atoms with Crippen molar-refractivity contribution in [1.82, 2.24) is 0 Å². The van der Waals surface area contributed by atoms with Gasteiger partial charge >= 0.3 is 5.97 Å². The summed E-state index contributed by atoms with van der Waals surface area (Å²) in [4.78, 5) is 11.3. The van der Waals surface area contributed by atoms with Crippen molar-refractivity contribution in [2.24, 2.45) is 17.4 Å². The fraction of sp³-hybridized carbons (Fsp3) is 0.889. The zero-order chi connectivity index (χ0) is 10.0. The van der Waals surface area contributed by atoms with Gasteiger partial charge in [-0.25, -0.2) is 0 Å². The molecular formula is C9H18N2O2. The summed E-state index contributed by atoms with van der Waals surface area (Å²) in [5, 5.41) is 0.